The van der Waals surface area contributed by atoms with Crippen molar-refractivity contribution in [2.75, 3.05) is 11.9 Å². The van der Waals surface area contributed by atoms with Crippen molar-refractivity contribution in [1.29, 1.82) is 0 Å². The van der Waals surface area contributed by atoms with E-state index in [1.165, 1.54) is 11.3 Å². The van der Waals surface area contributed by atoms with Gasteiger partial charge in [0, 0.05) is 4.88 Å². The molecule has 0 aliphatic carbocycles. The molecule has 0 aliphatic rings. The van der Waals surface area contributed by atoms with Crippen molar-refractivity contribution in [3.05, 3.63) is 10.6 Å². The third kappa shape index (κ3) is 3.35. The molecule has 86 valence electrons. The highest BCUT2D eigenvalue weighted by Gasteiger charge is 2.37. The predicted molar refractivity (Wildman–Crippen MR) is 52.1 cm³/mol. The van der Waals surface area contributed by atoms with Crippen LogP contribution in [0.4, 0.5) is 18.3 Å². The van der Waals surface area contributed by atoms with Crippen LogP contribution >= 0.6 is 11.3 Å². The number of rotatable bonds is 3. The first-order chi connectivity index (χ1) is 6.80. The van der Waals surface area contributed by atoms with Crippen molar-refractivity contribution in [3.8, 4) is 0 Å². The second kappa shape index (κ2) is 4.36. The zero-order valence-corrected chi connectivity index (χ0v) is 9.04. The molecule has 15 heavy (non-hydrogen) atoms. The monoisotopic (exact) mass is 240 g/mol. The summed E-state index contributed by atoms with van der Waals surface area (Å²) < 4.78 is 35.8. The molecule has 1 rings (SSSR count). The molecular formula is C8H11F3N2OS. The van der Waals surface area contributed by atoms with Crippen molar-refractivity contribution < 1.29 is 18.3 Å². The number of anilines is 1. The Morgan fingerprint density at radius 1 is 1.47 bits per heavy atom. The number of halogens is 3. The SMILES string of the molecule is Cc1nc(NCC(O)C(F)(F)F)sc1C. The lowest BCUT2D eigenvalue weighted by molar-refractivity contribution is -0.198. The molecule has 0 saturated carbocycles. The Bertz CT molecular complexity index is 318. The van der Waals surface area contributed by atoms with Gasteiger partial charge in [-0.1, -0.05) is 0 Å². The van der Waals surface area contributed by atoms with Gasteiger partial charge in [0.15, 0.2) is 11.2 Å². The molecule has 0 spiro atoms. The lowest BCUT2D eigenvalue weighted by Gasteiger charge is -2.14. The number of thiazole rings is 1. The van der Waals surface area contributed by atoms with Gasteiger partial charge in [-0.2, -0.15) is 13.2 Å². The summed E-state index contributed by atoms with van der Waals surface area (Å²) in [6, 6.07) is 0. The van der Waals surface area contributed by atoms with Gasteiger partial charge in [0.25, 0.3) is 0 Å². The van der Waals surface area contributed by atoms with E-state index < -0.39 is 18.8 Å². The number of aromatic nitrogens is 1. The molecule has 1 aromatic heterocycles. The molecule has 0 aliphatic heterocycles. The molecule has 1 aromatic rings. The van der Waals surface area contributed by atoms with Gasteiger partial charge in [0.2, 0.25) is 0 Å². The molecule has 1 atom stereocenters. The zero-order valence-electron chi connectivity index (χ0n) is 8.22. The number of hydrogen-bond donors (Lipinski definition) is 2. The Labute approximate surface area is 89.0 Å². The lowest BCUT2D eigenvalue weighted by Crippen LogP contribution is -2.34. The lowest BCUT2D eigenvalue weighted by atomic mass is 10.3. The van der Waals surface area contributed by atoms with E-state index in [0.29, 0.717) is 5.13 Å². The smallest absolute Gasteiger partial charge is 0.382 e. The molecule has 2 N–H and O–H groups in total. The fourth-order valence-electron chi connectivity index (χ4n) is 0.848. The fraction of sp³-hybridized carbons (Fsp3) is 0.625. The van der Waals surface area contributed by atoms with Crippen LogP contribution in [0.25, 0.3) is 0 Å². The number of nitrogens with zero attached hydrogens (tertiary/aromatic N) is 1. The summed E-state index contributed by atoms with van der Waals surface area (Å²) in [4.78, 5) is 4.94. The third-order valence-electron chi connectivity index (χ3n) is 1.85. The highest BCUT2D eigenvalue weighted by atomic mass is 32.1. The van der Waals surface area contributed by atoms with Crippen molar-refractivity contribution in [1.82, 2.24) is 4.98 Å². The van der Waals surface area contributed by atoms with Gasteiger partial charge < -0.3 is 10.4 Å². The fourth-order valence-corrected chi connectivity index (χ4v) is 1.67. The van der Waals surface area contributed by atoms with E-state index in [1.54, 1.807) is 6.92 Å². The largest absolute Gasteiger partial charge is 0.416 e. The summed E-state index contributed by atoms with van der Waals surface area (Å²) in [5.41, 5.74) is 0.781. The minimum atomic E-state index is -4.59. The van der Waals surface area contributed by atoms with E-state index in [-0.39, 0.29) is 0 Å². The molecule has 0 aromatic carbocycles. The predicted octanol–water partition coefficient (Wildman–Crippen LogP) is 2.10. The van der Waals surface area contributed by atoms with Crippen molar-refractivity contribution in [2.24, 2.45) is 0 Å². The van der Waals surface area contributed by atoms with E-state index in [2.05, 4.69) is 10.3 Å². The first-order valence-corrected chi connectivity index (χ1v) is 5.05. The Morgan fingerprint density at radius 3 is 2.47 bits per heavy atom. The van der Waals surface area contributed by atoms with Gasteiger partial charge in [-0.3, -0.25) is 0 Å². The molecule has 0 bridgehead atoms. The number of aliphatic hydroxyl groups excluding tert-OH is 1. The van der Waals surface area contributed by atoms with Crippen LogP contribution in [0.3, 0.4) is 0 Å². The summed E-state index contributed by atoms with van der Waals surface area (Å²) in [5.74, 6) is 0. The number of hydrogen-bond acceptors (Lipinski definition) is 4. The molecular weight excluding hydrogens is 229 g/mol. The molecule has 0 saturated heterocycles. The topological polar surface area (TPSA) is 45.2 Å². The summed E-state index contributed by atoms with van der Waals surface area (Å²) in [7, 11) is 0. The number of aliphatic hydroxyl groups is 1. The van der Waals surface area contributed by atoms with E-state index in [0.717, 1.165) is 10.6 Å². The van der Waals surface area contributed by atoms with Crippen molar-refractivity contribution in [3.63, 3.8) is 0 Å². The Balaban J connectivity index is 2.51. The van der Waals surface area contributed by atoms with Crippen LogP contribution in [-0.2, 0) is 0 Å². The standard InChI is InChI=1S/C8H11F3N2OS/c1-4-5(2)15-7(13-4)12-3-6(14)8(9,10)11/h6,14H,3H2,1-2H3,(H,12,13). The van der Waals surface area contributed by atoms with Crippen molar-refractivity contribution in [2.45, 2.75) is 26.1 Å². The maximum atomic E-state index is 11.9. The van der Waals surface area contributed by atoms with Crippen LogP contribution in [-0.4, -0.2) is 28.9 Å². The third-order valence-corrected chi connectivity index (χ3v) is 2.88. The second-order valence-electron chi connectivity index (χ2n) is 3.10. The van der Waals surface area contributed by atoms with Crippen LogP contribution in [0.2, 0.25) is 0 Å². The number of nitrogens with one attached hydrogen (secondary N) is 1. The van der Waals surface area contributed by atoms with Gasteiger partial charge in [-0.05, 0) is 13.8 Å². The maximum absolute atomic E-state index is 11.9. The minimum absolute atomic E-state index is 0.397. The molecule has 0 radical (unpaired) electrons. The molecule has 3 nitrogen and oxygen atoms in total. The normalized spacial score (nSPS) is 14.0. The van der Waals surface area contributed by atoms with Crippen LogP contribution in [0.5, 0.6) is 0 Å². The number of aryl methyl sites for hydroxylation is 2. The molecule has 7 heteroatoms. The number of alkyl halides is 3. The first kappa shape index (κ1) is 12.3. The molecule has 1 unspecified atom stereocenters. The van der Waals surface area contributed by atoms with E-state index in [9.17, 15) is 13.2 Å². The Morgan fingerprint density at radius 2 is 2.07 bits per heavy atom. The summed E-state index contributed by atoms with van der Waals surface area (Å²) in [6.45, 7) is 3.03. The second-order valence-corrected chi connectivity index (χ2v) is 4.30. The van der Waals surface area contributed by atoms with Crippen LogP contribution in [0.15, 0.2) is 0 Å². The van der Waals surface area contributed by atoms with Crippen LogP contribution in [0, 0.1) is 13.8 Å². The van der Waals surface area contributed by atoms with E-state index in [4.69, 9.17) is 5.11 Å². The van der Waals surface area contributed by atoms with E-state index >= 15 is 0 Å². The Kier molecular flexibility index (Phi) is 3.56. The molecule has 1 heterocycles. The highest BCUT2D eigenvalue weighted by molar-refractivity contribution is 7.15. The molecule has 0 fully saturated rings. The van der Waals surface area contributed by atoms with E-state index in [1.807, 2.05) is 6.92 Å². The maximum Gasteiger partial charge on any atom is 0.416 e. The summed E-state index contributed by atoms with van der Waals surface area (Å²) >= 11 is 1.27. The van der Waals surface area contributed by atoms with Crippen LogP contribution < -0.4 is 5.32 Å². The van der Waals surface area contributed by atoms with Gasteiger partial charge >= 0.3 is 6.18 Å². The van der Waals surface area contributed by atoms with Gasteiger partial charge in [0.05, 0.1) is 12.2 Å². The van der Waals surface area contributed by atoms with Gasteiger partial charge in [0.1, 0.15) is 0 Å². The zero-order chi connectivity index (χ0) is 11.6. The average Bonchev–Trinajstić information content (AvgIpc) is 2.41. The average molecular weight is 240 g/mol. The first-order valence-electron chi connectivity index (χ1n) is 4.23. The van der Waals surface area contributed by atoms with Crippen molar-refractivity contribution >= 4 is 16.5 Å². The summed E-state index contributed by atoms with van der Waals surface area (Å²) in [5, 5.41) is 11.6. The minimum Gasteiger partial charge on any atom is -0.382 e. The van der Waals surface area contributed by atoms with Gasteiger partial charge in [-0.25, -0.2) is 4.98 Å². The van der Waals surface area contributed by atoms with Crippen LogP contribution in [0.1, 0.15) is 10.6 Å². The molecule has 0 amide bonds. The highest BCUT2D eigenvalue weighted by Crippen LogP contribution is 2.23. The Hall–Kier alpha value is -0.820. The van der Waals surface area contributed by atoms with Gasteiger partial charge in [-0.15, -0.1) is 11.3 Å². The quantitative estimate of drug-likeness (QED) is 0.850. The summed E-state index contributed by atoms with van der Waals surface area (Å²) in [6.07, 6.45) is -6.95.